The summed E-state index contributed by atoms with van der Waals surface area (Å²) in [5, 5.41) is 13.3. The maximum absolute atomic E-state index is 11.9. The van der Waals surface area contributed by atoms with Gasteiger partial charge in [0, 0.05) is 17.0 Å². The molecule has 0 fully saturated rings. The van der Waals surface area contributed by atoms with Gasteiger partial charge in [-0.25, -0.2) is 0 Å². The minimum Gasteiger partial charge on any atom is -0.547 e. The maximum atomic E-state index is 11.9. The fraction of sp³-hybridized carbons (Fsp3) is 0.185. The molecule has 0 radical (unpaired) electrons. The lowest BCUT2D eigenvalue weighted by atomic mass is 10.0. The Hall–Kier alpha value is -3.66. The highest BCUT2D eigenvalue weighted by Crippen LogP contribution is 2.26. The monoisotopic (exact) mass is 410 g/mol. The summed E-state index contributed by atoms with van der Waals surface area (Å²) < 4.78 is 6.17. The normalized spacial score (nSPS) is 13.0. The summed E-state index contributed by atoms with van der Waals surface area (Å²) in [5.74, 6) is -0.169. The number of carbonyl (C=O) groups excluding carboxylic acids is 1. The molecule has 0 spiro atoms. The van der Waals surface area contributed by atoms with Crippen molar-refractivity contribution >= 4 is 16.9 Å². The van der Waals surface area contributed by atoms with Gasteiger partial charge in [-0.3, -0.25) is 4.99 Å². The number of carbonyl (C=O) groups is 1. The quantitative estimate of drug-likeness (QED) is 0.469. The van der Waals surface area contributed by atoms with E-state index in [9.17, 15) is 9.90 Å². The molecule has 1 aromatic heterocycles. The second kappa shape index (κ2) is 8.60. The van der Waals surface area contributed by atoms with Crippen molar-refractivity contribution in [1.29, 1.82) is 0 Å². The van der Waals surface area contributed by atoms with Gasteiger partial charge in [0.1, 0.15) is 17.4 Å². The first-order chi connectivity index (χ1) is 14.9. The van der Waals surface area contributed by atoms with E-state index in [1.807, 2.05) is 49.4 Å². The molecule has 4 aromatic rings. The van der Waals surface area contributed by atoms with Crippen LogP contribution < -0.4 is 10.5 Å². The van der Waals surface area contributed by atoms with Crippen molar-refractivity contribution in [2.75, 3.05) is 0 Å². The fourth-order valence-electron chi connectivity index (χ4n) is 3.60. The molecule has 156 valence electrons. The Morgan fingerprint density at radius 2 is 1.61 bits per heavy atom. The highest BCUT2D eigenvalue weighted by atomic mass is 16.4. The predicted octanol–water partition coefficient (Wildman–Crippen LogP) is 4.92. The first kappa shape index (κ1) is 20.6. The zero-order chi connectivity index (χ0) is 22.0. The van der Waals surface area contributed by atoms with Gasteiger partial charge >= 0.3 is 0 Å². The molecule has 1 heterocycles. The zero-order valence-corrected chi connectivity index (χ0v) is 17.8. The van der Waals surface area contributed by atoms with Crippen LogP contribution in [0, 0.1) is 6.92 Å². The van der Waals surface area contributed by atoms with Crippen LogP contribution in [0.25, 0.3) is 22.3 Å². The van der Waals surface area contributed by atoms with E-state index in [-0.39, 0.29) is 0 Å². The molecule has 0 aliphatic heterocycles. The van der Waals surface area contributed by atoms with E-state index in [2.05, 4.69) is 31.0 Å². The average Bonchev–Trinajstić information content (AvgIpc) is 2.77. The smallest absolute Gasteiger partial charge is 0.136 e. The lowest BCUT2D eigenvalue weighted by Gasteiger charge is -2.14. The highest BCUT2D eigenvalue weighted by molar-refractivity contribution is 5.80. The van der Waals surface area contributed by atoms with Crippen LogP contribution in [0.1, 0.15) is 42.5 Å². The van der Waals surface area contributed by atoms with E-state index >= 15 is 0 Å². The summed E-state index contributed by atoms with van der Waals surface area (Å²) in [6, 6.07) is 23.7. The number of carboxylic acids is 1. The van der Waals surface area contributed by atoms with Crippen LogP contribution in [-0.2, 0) is 4.79 Å². The summed E-state index contributed by atoms with van der Waals surface area (Å²) in [6.45, 7) is 6.28. The van der Waals surface area contributed by atoms with Crippen molar-refractivity contribution in [3.63, 3.8) is 0 Å². The SMILES string of the molecule is Cc1ccc2oc(-c3ccc(C(C)C)cc3)cc(=N[C@@H](C(=O)[O-])c3ccccc3)c2c1. The van der Waals surface area contributed by atoms with Gasteiger partial charge in [0.25, 0.3) is 0 Å². The summed E-state index contributed by atoms with van der Waals surface area (Å²) in [4.78, 5) is 16.5. The molecule has 0 aliphatic rings. The molecule has 0 amide bonds. The van der Waals surface area contributed by atoms with Gasteiger partial charge in [-0.05, 0) is 36.1 Å². The number of hydrogen-bond acceptors (Lipinski definition) is 4. The molecule has 31 heavy (non-hydrogen) atoms. The molecular weight excluding hydrogens is 386 g/mol. The summed E-state index contributed by atoms with van der Waals surface area (Å²) in [6.07, 6.45) is 0. The lowest BCUT2D eigenvalue weighted by molar-refractivity contribution is -0.307. The van der Waals surface area contributed by atoms with Crippen LogP contribution in [0.15, 0.2) is 88.3 Å². The number of aryl methyl sites for hydroxylation is 1. The molecule has 0 saturated carbocycles. The number of benzene rings is 3. The van der Waals surface area contributed by atoms with E-state index in [0.29, 0.717) is 28.2 Å². The fourth-order valence-corrected chi connectivity index (χ4v) is 3.60. The van der Waals surface area contributed by atoms with Crippen LogP contribution in [0.5, 0.6) is 0 Å². The van der Waals surface area contributed by atoms with Crippen LogP contribution in [0.4, 0.5) is 0 Å². The van der Waals surface area contributed by atoms with Gasteiger partial charge in [-0.15, -0.1) is 0 Å². The van der Waals surface area contributed by atoms with Crippen molar-refractivity contribution in [3.8, 4) is 11.3 Å². The largest absolute Gasteiger partial charge is 0.547 e. The molecule has 1 atom stereocenters. The lowest BCUT2D eigenvalue weighted by Crippen LogP contribution is -2.30. The van der Waals surface area contributed by atoms with Gasteiger partial charge < -0.3 is 14.3 Å². The third kappa shape index (κ3) is 4.43. The Balaban J connectivity index is 1.93. The molecule has 4 heteroatoms. The standard InChI is InChI=1S/C27H25NO3/c1-17(2)19-10-12-20(13-11-19)25-16-23(22-15-18(3)9-14-24(22)31-25)28-26(27(29)30)21-7-5-4-6-8-21/h4-17,26H,1-3H3,(H,29,30)/p-1/t26-/m1/s1. The number of rotatable bonds is 5. The van der Waals surface area contributed by atoms with Crippen molar-refractivity contribution in [2.45, 2.75) is 32.7 Å². The maximum Gasteiger partial charge on any atom is 0.136 e. The van der Waals surface area contributed by atoms with E-state index < -0.39 is 12.0 Å². The van der Waals surface area contributed by atoms with Gasteiger partial charge in [-0.2, -0.15) is 0 Å². The van der Waals surface area contributed by atoms with Crippen molar-refractivity contribution < 1.29 is 14.3 Å². The zero-order valence-electron chi connectivity index (χ0n) is 17.8. The van der Waals surface area contributed by atoms with Gasteiger partial charge in [-0.1, -0.05) is 80.1 Å². The molecule has 4 rings (SSSR count). The third-order valence-corrected chi connectivity index (χ3v) is 5.37. The Kier molecular flexibility index (Phi) is 5.72. The second-order valence-corrected chi connectivity index (χ2v) is 8.03. The van der Waals surface area contributed by atoms with Crippen LogP contribution in [-0.4, -0.2) is 5.97 Å². The molecule has 0 bridgehead atoms. The van der Waals surface area contributed by atoms with Crippen molar-refractivity contribution in [1.82, 2.24) is 0 Å². The number of carboxylic acid groups (broad SMARTS) is 1. The topological polar surface area (TPSA) is 65.6 Å². The molecule has 3 aromatic carbocycles. The average molecular weight is 410 g/mol. The van der Waals surface area contributed by atoms with E-state index in [1.54, 1.807) is 24.3 Å². The van der Waals surface area contributed by atoms with E-state index in [1.165, 1.54) is 5.56 Å². The summed E-state index contributed by atoms with van der Waals surface area (Å²) >= 11 is 0. The van der Waals surface area contributed by atoms with Gasteiger partial charge in [0.05, 0.1) is 11.3 Å². The Labute approximate surface area is 181 Å². The number of hydrogen-bond donors (Lipinski definition) is 0. The predicted molar refractivity (Wildman–Crippen MR) is 120 cm³/mol. The highest BCUT2D eigenvalue weighted by Gasteiger charge is 2.13. The second-order valence-electron chi connectivity index (χ2n) is 8.03. The van der Waals surface area contributed by atoms with E-state index in [4.69, 9.17) is 4.42 Å². The van der Waals surface area contributed by atoms with Crippen molar-refractivity contribution in [2.24, 2.45) is 4.99 Å². The Bertz CT molecular complexity index is 1290. The molecule has 0 unspecified atom stereocenters. The molecule has 0 aliphatic carbocycles. The molecule has 0 saturated heterocycles. The number of fused-ring (bicyclic) bond motifs is 1. The molecule has 0 N–H and O–H groups in total. The van der Waals surface area contributed by atoms with Gasteiger partial charge in [0.15, 0.2) is 0 Å². The van der Waals surface area contributed by atoms with Crippen LogP contribution in [0.3, 0.4) is 0 Å². The molecular formula is C27H24NO3-. The van der Waals surface area contributed by atoms with Crippen LogP contribution in [0.2, 0.25) is 0 Å². The number of nitrogens with zero attached hydrogens (tertiary/aromatic N) is 1. The van der Waals surface area contributed by atoms with Crippen molar-refractivity contribution in [3.05, 3.63) is 101 Å². The third-order valence-electron chi connectivity index (χ3n) is 5.37. The summed E-state index contributed by atoms with van der Waals surface area (Å²) in [5.41, 5.74) is 4.42. The van der Waals surface area contributed by atoms with Crippen LogP contribution >= 0.6 is 0 Å². The molecule has 4 nitrogen and oxygen atoms in total. The van der Waals surface area contributed by atoms with Gasteiger partial charge in [0.2, 0.25) is 0 Å². The minimum absolute atomic E-state index is 0.436. The minimum atomic E-state index is -1.24. The Morgan fingerprint density at radius 1 is 0.903 bits per heavy atom. The Morgan fingerprint density at radius 3 is 2.26 bits per heavy atom. The first-order valence-electron chi connectivity index (χ1n) is 10.4. The van der Waals surface area contributed by atoms with E-state index in [0.717, 1.165) is 16.5 Å². The summed E-state index contributed by atoms with van der Waals surface area (Å²) in [7, 11) is 0. The number of aliphatic carboxylic acids is 1. The first-order valence-corrected chi connectivity index (χ1v) is 10.4.